The van der Waals surface area contributed by atoms with Gasteiger partial charge in [-0.25, -0.2) is 9.97 Å². The van der Waals surface area contributed by atoms with Gasteiger partial charge in [-0.3, -0.25) is 0 Å². The number of pyridine rings is 1. The van der Waals surface area contributed by atoms with Crippen molar-refractivity contribution in [2.24, 2.45) is 0 Å². The summed E-state index contributed by atoms with van der Waals surface area (Å²) in [6.45, 7) is 2.08. The molecule has 0 aliphatic rings. The lowest BCUT2D eigenvalue weighted by atomic mass is 10.2. The average Bonchev–Trinajstić information content (AvgIpc) is 3.00. The van der Waals surface area contributed by atoms with Gasteiger partial charge >= 0.3 is 0 Å². The molecule has 0 aliphatic heterocycles. The first kappa shape index (κ1) is 14.1. The van der Waals surface area contributed by atoms with Crippen molar-refractivity contribution >= 4 is 57.3 Å². The van der Waals surface area contributed by atoms with Gasteiger partial charge in [0.2, 0.25) is 0 Å². The van der Waals surface area contributed by atoms with Crippen molar-refractivity contribution in [3.63, 3.8) is 0 Å². The summed E-state index contributed by atoms with van der Waals surface area (Å²) < 4.78 is 2.79. The Morgan fingerprint density at radius 2 is 2.15 bits per heavy atom. The SMILES string of the molecule is CC(c1ccc(Cl)s1)n1c(CCl)nc2cc(Cl)cnc21. The van der Waals surface area contributed by atoms with Crippen LogP contribution in [0.4, 0.5) is 0 Å². The van der Waals surface area contributed by atoms with E-state index in [9.17, 15) is 0 Å². The maximum atomic E-state index is 6.01. The molecule has 0 spiro atoms. The van der Waals surface area contributed by atoms with Crippen LogP contribution in [0.5, 0.6) is 0 Å². The summed E-state index contributed by atoms with van der Waals surface area (Å²) >= 11 is 19.5. The minimum Gasteiger partial charge on any atom is -0.304 e. The lowest BCUT2D eigenvalue weighted by Crippen LogP contribution is -2.09. The molecule has 0 amide bonds. The van der Waals surface area contributed by atoms with Crippen LogP contribution < -0.4 is 0 Å². The van der Waals surface area contributed by atoms with E-state index in [-0.39, 0.29) is 6.04 Å². The largest absolute Gasteiger partial charge is 0.304 e. The van der Waals surface area contributed by atoms with Crippen LogP contribution in [0, 0.1) is 0 Å². The molecule has 0 saturated heterocycles. The lowest BCUT2D eigenvalue weighted by molar-refractivity contribution is 0.639. The molecule has 1 unspecified atom stereocenters. The molecule has 3 rings (SSSR count). The molecule has 3 heterocycles. The first-order valence-corrected chi connectivity index (χ1v) is 8.04. The van der Waals surface area contributed by atoms with E-state index in [1.54, 1.807) is 23.6 Å². The van der Waals surface area contributed by atoms with E-state index in [1.165, 1.54) is 0 Å². The second-order valence-electron chi connectivity index (χ2n) is 4.35. The third-order valence-electron chi connectivity index (χ3n) is 3.08. The zero-order valence-electron chi connectivity index (χ0n) is 10.5. The molecule has 20 heavy (non-hydrogen) atoms. The highest BCUT2D eigenvalue weighted by Gasteiger charge is 2.19. The number of thiophene rings is 1. The maximum Gasteiger partial charge on any atom is 0.160 e. The summed E-state index contributed by atoms with van der Waals surface area (Å²) in [5.74, 6) is 1.09. The van der Waals surface area contributed by atoms with Gasteiger partial charge in [-0.2, -0.15) is 0 Å². The van der Waals surface area contributed by atoms with E-state index in [2.05, 4.69) is 16.9 Å². The summed E-state index contributed by atoms with van der Waals surface area (Å²) in [4.78, 5) is 10.0. The Balaban J connectivity index is 2.18. The summed E-state index contributed by atoms with van der Waals surface area (Å²) in [6.07, 6.45) is 1.62. The highest BCUT2D eigenvalue weighted by atomic mass is 35.5. The molecule has 1 atom stereocenters. The molecule has 3 nitrogen and oxygen atoms in total. The maximum absolute atomic E-state index is 6.01. The standard InChI is InChI=1S/C13H10Cl3N3S/c1-7(10-2-3-11(16)20-10)19-12(5-14)18-9-4-8(15)6-17-13(9)19/h2-4,6-7H,5H2,1H3. The van der Waals surface area contributed by atoms with Gasteiger partial charge in [0.15, 0.2) is 5.65 Å². The third-order valence-corrected chi connectivity index (χ3v) is 4.93. The summed E-state index contributed by atoms with van der Waals surface area (Å²) in [7, 11) is 0. The zero-order valence-corrected chi connectivity index (χ0v) is 13.6. The number of halogens is 3. The molecule has 0 bridgehead atoms. The van der Waals surface area contributed by atoms with Crippen LogP contribution in [0.15, 0.2) is 24.4 Å². The Morgan fingerprint density at radius 1 is 1.35 bits per heavy atom. The van der Waals surface area contributed by atoms with Crippen LogP contribution in [0.3, 0.4) is 0 Å². The molecule has 3 aromatic rings. The molecule has 7 heteroatoms. The van der Waals surface area contributed by atoms with E-state index >= 15 is 0 Å². The Morgan fingerprint density at radius 3 is 2.80 bits per heavy atom. The van der Waals surface area contributed by atoms with Gasteiger partial charge in [-0.05, 0) is 25.1 Å². The van der Waals surface area contributed by atoms with Crippen molar-refractivity contribution in [1.82, 2.24) is 14.5 Å². The van der Waals surface area contributed by atoms with Crippen LogP contribution in [0.1, 0.15) is 23.7 Å². The van der Waals surface area contributed by atoms with Crippen molar-refractivity contribution in [2.75, 3.05) is 0 Å². The van der Waals surface area contributed by atoms with Gasteiger partial charge in [0.25, 0.3) is 0 Å². The molecular weight excluding hydrogens is 337 g/mol. The Labute approximate surface area is 135 Å². The molecular formula is C13H10Cl3N3S. The molecule has 104 valence electrons. The molecule has 0 aliphatic carbocycles. The van der Waals surface area contributed by atoms with E-state index in [0.717, 1.165) is 26.2 Å². The van der Waals surface area contributed by atoms with Crippen molar-refractivity contribution < 1.29 is 0 Å². The van der Waals surface area contributed by atoms with E-state index in [1.807, 2.05) is 16.7 Å². The minimum atomic E-state index is 0.0694. The van der Waals surface area contributed by atoms with Gasteiger partial charge in [0, 0.05) is 11.1 Å². The summed E-state index contributed by atoms with van der Waals surface area (Å²) in [5.41, 5.74) is 1.53. The lowest BCUT2D eigenvalue weighted by Gasteiger charge is -2.14. The molecule has 0 radical (unpaired) electrons. The highest BCUT2D eigenvalue weighted by Crippen LogP contribution is 2.32. The average molecular weight is 347 g/mol. The van der Waals surface area contributed by atoms with Crippen LogP contribution >= 0.6 is 46.1 Å². The molecule has 0 aromatic carbocycles. The van der Waals surface area contributed by atoms with Gasteiger partial charge in [0.05, 0.1) is 21.3 Å². The number of hydrogen-bond donors (Lipinski definition) is 0. The highest BCUT2D eigenvalue weighted by molar-refractivity contribution is 7.16. The van der Waals surface area contributed by atoms with Crippen LogP contribution in [0.2, 0.25) is 9.36 Å². The van der Waals surface area contributed by atoms with Crippen molar-refractivity contribution in [3.05, 3.63) is 44.5 Å². The van der Waals surface area contributed by atoms with Crippen LogP contribution in [-0.2, 0) is 5.88 Å². The van der Waals surface area contributed by atoms with Gasteiger partial charge < -0.3 is 4.57 Å². The number of imidazole rings is 1. The molecule has 0 N–H and O–H groups in total. The van der Waals surface area contributed by atoms with Crippen molar-refractivity contribution in [2.45, 2.75) is 18.8 Å². The minimum absolute atomic E-state index is 0.0694. The Kier molecular flexibility index (Phi) is 3.91. The van der Waals surface area contributed by atoms with Crippen molar-refractivity contribution in [3.8, 4) is 0 Å². The van der Waals surface area contributed by atoms with E-state index < -0.39 is 0 Å². The molecule has 0 fully saturated rings. The van der Waals surface area contributed by atoms with Crippen molar-refractivity contribution in [1.29, 1.82) is 0 Å². The quantitative estimate of drug-likeness (QED) is 0.614. The van der Waals surface area contributed by atoms with E-state index in [4.69, 9.17) is 34.8 Å². The summed E-state index contributed by atoms with van der Waals surface area (Å²) in [6, 6.07) is 5.77. The Bertz CT molecular complexity index is 765. The number of fused-ring (bicyclic) bond motifs is 1. The topological polar surface area (TPSA) is 30.7 Å². The monoisotopic (exact) mass is 345 g/mol. The normalized spacial score (nSPS) is 13.0. The van der Waals surface area contributed by atoms with Gasteiger partial charge in [-0.15, -0.1) is 22.9 Å². The third kappa shape index (κ3) is 2.42. The second kappa shape index (κ2) is 5.53. The first-order chi connectivity index (χ1) is 9.60. The number of rotatable bonds is 3. The van der Waals surface area contributed by atoms with Gasteiger partial charge in [0.1, 0.15) is 11.3 Å². The van der Waals surface area contributed by atoms with Crippen LogP contribution in [0.25, 0.3) is 11.2 Å². The second-order valence-corrected chi connectivity index (χ2v) is 6.80. The predicted molar refractivity (Wildman–Crippen MR) is 85.2 cm³/mol. The van der Waals surface area contributed by atoms with E-state index in [0.29, 0.717) is 10.9 Å². The zero-order chi connectivity index (χ0) is 14.3. The first-order valence-electron chi connectivity index (χ1n) is 5.93. The number of hydrogen-bond acceptors (Lipinski definition) is 3. The molecule has 3 aromatic heterocycles. The number of aromatic nitrogens is 3. The smallest absolute Gasteiger partial charge is 0.160 e. The fraction of sp³-hybridized carbons (Fsp3) is 0.231. The number of nitrogens with zero attached hydrogens (tertiary/aromatic N) is 3. The fourth-order valence-electron chi connectivity index (χ4n) is 2.19. The number of alkyl halides is 1. The van der Waals surface area contributed by atoms with Crippen LogP contribution in [-0.4, -0.2) is 14.5 Å². The van der Waals surface area contributed by atoms with Gasteiger partial charge in [-0.1, -0.05) is 23.2 Å². The fourth-order valence-corrected chi connectivity index (χ4v) is 3.63. The summed E-state index contributed by atoms with van der Waals surface area (Å²) in [5, 5.41) is 0.565. The predicted octanol–water partition coefficient (Wildman–Crippen LogP) is 5.15. The molecule has 0 saturated carbocycles. The Hall–Kier alpha value is -0.810.